The Morgan fingerprint density at radius 1 is 0.923 bits per heavy atom. The maximum absolute atomic E-state index is 13.9. The van der Waals surface area contributed by atoms with E-state index in [0.717, 1.165) is 28.3 Å². The Bertz CT molecular complexity index is 1420. The zero-order valence-corrected chi connectivity index (χ0v) is 22.7. The molecule has 0 spiro atoms. The molecule has 0 bridgehead atoms. The van der Waals surface area contributed by atoms with Crippen molar-refractivity contribution in [3.63, 3.8) is 0 Å². The SMILES string of the molecule is Cc1nc(C(=O)N(CCCc2ccccc2)CCNC(=O)c2cccc3c2OCCO3)c(-c2ccccc2)s1. The molecule has 7 nitrogen and oxygen atoms in total. The molecule has 3 aromatic carbocycles. The first-order valence-electron chi connectivity index (χ1n) is 13.1. The van der Waals surface area contributed by atoms with E-state index in [2.05, 4.69) is 22.4 Å². The lowest BCUT2D eigenvalue weighted by Gasteiger charge is -2.23. The van der Waals surface area contributed by atoms with Gasteiger partial charge in [0.1, 0.15) is 18.9 Å². The first-order chi connectivity index (χ1) is 19.1. The number of aromatic nitrogens is 1. The van der Waals surface area contributed by atoms with Gasteiger partial charge in [0.15, 0.2) is 11.5 Å². The molecule has 0 saturated heterocycles. The van der Waals surface area contributed by atoms with E-state index in [0.29, 0.717) is 55.6 Å². The average molecular weight is 542 g/mol. The molecule has 1 aromatic heterocycles. The van der Waals surface area contributed by atoms with Crippen LogP contribution in [0.25, 0.3) is 10.4 Å². The van der Waals surface area contributed by atoms with Crippen molar-refractivity contribution in [2.24, 2.45) is 0 Å². The molecule has 0 fully saturated rings. The Morgan fingerprint density at radius 2 is 1.67 bits per heavy atom. The summed E-state index contributed by atoms with van der Waals surface area (Å²) < 4.78 is 11.3. The molecule has 4 aromatic rings. The number of nitrogens with one attached hydrogen (secondary N) is 1. The maximum Gasteiger partial charge on any atom is 0.274 e. The molecule has 0 saturated carbocycles. The van der Waals surface area contributed by atoms with E-state index in [1.807, 2.05) is 55.5 Å². The van der Waals surface area contributed by atoms with Crippen LogP contribution in [0.1, 0.15) is 37.8 Å². The number of thiazole rings is 1. The van der Waals surface area contributed by atoms with Crippen molar-refractivity contribution < 1.29 is 19.1 Å². The third-order valence-corrected chi connectivity index (χ3v) is 7.49. The van der Waals surface area contributed by atoms with Gasteiger partial charge in [0.25, 0.3) is 11.8 Å². The number of hydrogen-bond donors (Lipinski definition) is 1. The molecular formula is C31H31N3O4S. The monoisotopic (exact) mass is 541 g/mol. The molecule has 0 radical (unpaired) electrons. The van der Waals surface area contributed by atoms with Crippen molar-refractivity contribution in [2.75, 3.05) is 32.8 Å². The van der Waals surface area contributed by atoms with Crippen LogP contribution in [-0.4, -0.2) is 54.5 Å². The number of carbonyl (C=O) groups is 2. The first kappa shape index (κ1) is 26.4. The van der Waals surface area contributed by atoms with Crippen LogP contribution in [0.5, 0.6) is 11.5 Å². The number of carbonyl (C=O) groups excluding carboxylic acids is 2. The minimum atomic E-state index is -0.261. The fourth-order valence-corrected chi connectivity index (χ4v) is 5.51. The first-order valence-corrected chi connectivity index (χ1v) is 13.9. The standard InChI is InChI=1S/C31H31N3O4S/c1-22-33-27(29(39-22)24-13-6-3-7-14-24)31(36)34(18-9-12-23-10-4-2-5-11-23)19-17-32-30(35)25-15-8-16-26-28(25)38-21-20-37-26/h2-8,10-11,13-16H,9,12,17-21H2,1H3,(H,32,35). The largest absolute Gasteiger partial charge is 0.486 e. The molecule has 2 heterocycles. The smallest absolute Gasteiger partial charge is 0.274 e. The van der Waals surface area contributed by atoms with Crippen LogP contribution < -0.4 is 14.8 Å². The molecule has 0 atom stereocenters. The number of rotatable bonds is 10. The minimum Gasteiger partial charge on any atom is -0.486 e. The second-order valence-corrected chi connectivity index (χ2v) is 10.4. The number of hydrogen-bond acceptors (Lipinski definition) is 6. The number of aryl methyl sites for hydroxylation is 2. The van der Waals surface area contributed by atoms with Gasteiger partial charge < -0.3 is 19.7 Å². The molecule has 8 heteroatoms. The highest BCUT2D eigenvalue weighted by Crippen LogP contribution is 2.33. The van der Waals surface area contributed by atoms with Gasteiger partial charge in [-0.2, -0.15) is 0 Å². The van der Waals surface area contributed by atoms with Crippen LogP contribution in [0.3, 0.4) is 0 Å². The highest BCUT2D eigenvalue weighted by molar-refractivity contribution is 7.15. The van der Waals surface area contributed by atoms with E-state index >= 15 is 0 Å². The average Bonchev–Trinajstić information content (AvgIpc) is 3.38. The maximum atomic E-state index is 13.9. The van der Waals surface area contributed by atoms with Gasteiger partial charge in [-0.1, -0.05) is 66.7 Å². The van der Waals surface area contributed by atoms with Gasteiger partial charge in [-0.25, -0.2) is 4.98 Å². The lowest BCUT2D eigenvalue weighted by Crippen LogP contribution is -2.39. The summed E-state index contributed by atoms with van der Waals surface area (Å²) in [6, 6.07) is 25.4. The van der Waals surface area contributed by atoms with Gasteiger partial charge in [0.05, 0.1) is 15.4 Å². The molecular weight excluding hydrogens is 510 g/mol. The molecule has 2 amide bonds. The summed E-state index contributed by atoms with van der Waals surface area (Å²) >= 11 is 1.52. The summed E-state index contributed by atoms with van der Waals surface area (Å²) in [6.45, 7) is 3.98. The van der Waals surface area contributed by atoms with Gasteiger partial charge >= 0.3 is 0 Å². The summed E-state index contributed by atoms with van der Waals surface area (Å²) in [4.78, 5) is 34.2. The van der Waals surface area contributed by atoms with Crippen molar-refractivity contribution in [1.82, 2.24) is 15.2 Å². The second kappa shape index (κ2) is 12.6. The van der Waals surface area contributed by atoms with Crippen LogP contribution in [0.4, 0.5) is 0 Å². The molecule has 200 valence electrons. The van der Waals surface area contributed by atoms with Crippen molar-refractivity contribution >= 4 is 23.2 Å². The lowest BCUT2D eigenvalue weighted by molar-refractivity contribution is 0.0742. The Morgan fingerprint density at radius 3 is 2.46 bits per heavy atom. The third kappa shape index (κ3) is 6.46. The Hall–Kier alpha value is -4.17. The van der Waals surface area contributed by atoms with Crippen LogP contribution in [-0.2, 0) is 6.42 Å². The van der Waals surface area contributed by atoms with Crippen LogP contribution in [0.15, 0.2) is 78.9 Å². The van der Waals surface area contributed by atoms with Crippen molar-refractivity contribution in [2.45, 2.75) is 19.8 Å². The van der Waals surface area contributed by atoms with E-state index in [4.69, 9.17) is 9.47 Å². The van der Waals surface area contributed by atoms with Gasteiger partial charge in [0.2, 0.25) is 0 Å². The fourth-order valence-electron chi connectivity index (χ4n) is 4.59. The second-order valence-electron chi connectivity index (χ2n) is 9.24. The third-order valence-electron chi connectivity index (χ3n) is 6.47. The number of ether oxygens (including phenoxy) is 2. The molecule has 1 N–H and O–H groups in total. The molecule has 0 unspecified atom stereocenters. The topological polar surface area (TPSA) is 80.8 Å². The van der Waals surface area contributed by atoms with E-state index in [-0.39, 0.29) is 11.8 Å². The zero-order chi connectivity index (χ0) is 27.0. The quantitative estimate of drug-likeness (QED) is 0.291. The number of nitrogens with zero attached hydrogens (tertiary/aromatic N) is 2. The Balaban J connectivity index is 1.30. The number of amides is 2. The summed E-state index contributed by atoms with van der Waals surface area (Å²) in [5.74, 6) is 0.638. The number of benzene rings is 3. The predicted octanol–water partition coefficient (Wildman–Crippen LogP) is 5.39. The Labute approximate surface area is 232 Å². The van der Waals surface area contributed by atoms with Gasteiger partial charge in [-0.05, 0) is 43.0 Å². The number of fused-ring (bicyclic) bond motifs is 1. The number of para-hydroxylation sites is 1. The Kier molecular flexibility index (Phi) is 8.53. The summed E-state index contributed by atoms with van der Waals surface area (Å²) in [7, 11) is 0. The van der Waals surface area contributed by atoms with Crippen molar-refractivity contribution in [1.29, 1.82) is 0 Å². The van der Waals surface area contributed by atoms with Crippen molar-refractivity contribution in [3.05, 3.63) is 101 Å². The van der Waals surface area contributed by atoms with Crippen LogP contribution in [0, 0.1) is 6.92 Å². The summed E-state index contributed by atoms with van der Waals surface area (Å²) in [6.07, 6.45) is 1.65. The van der Waals surface area contributed by atoms with Gasteiger partial charge in [-0.15, -0.1) is 11.3 Å². The van der Waals surface area contributed by atoms with E-state index < -0.39 is 0 Å². The molecule has 1 aliphatic rings. The highest BCUT2D eigenvalue weighted by Gasteiger charge is 2.24. The van der Waals surface area contributed by atoms with E-state index in [1.165, 1.54) is 16.9 Å². The predicted molar refractivity (Wildman–Crippen MR) is 153 cm³/mol. The molecule has 1 aliphatic heterocycles. The highest BCUT2D eigenvalue weighted by atomic mass is 32.1. The van der Waals surface area contributed by atoms with Gasteiger partial charge in [-0.3, -0.25) is 9.59 Å². The van der Waals surface area contributed by atoms with Gasteiger partial charge in [0, 0.05) is 19.6 Å². The van der Waals surface area contributed by atoms with Crippen LogP contribution >= 0.6 is 11.3 Å². The van der Waals surface area contributed by atoms with E-state index in [9.17, 15) is 9.59 Å². The lowest BCUT2D eigenvalue weighted by atomic mass is 10.1. The van der Waals surface area contributed by atoms with Crippen LogP contribution in [0.2, 0.25) is 0 Å². The zero-order valence-electron chi connectivity index (χ0n) is 21.9. The molecule has 5 rings (SSSR count). The van der Waals surface area contributed by atoms with Crippen molar-refractivity contribution in [3.8, 4) is 21.9 Å². The van der Waals surface area contributed by atoms with E-state index in [1.54, 1.807) is 23.1 Å². The molecule has 0 aliphatic carbocycles. The fraction of sp³-hybridized carbons (Fsp3) is 0.258. The summed E-state index contributed by atoms with van der Waals surface area (Å²) in [5.41, 5.74) is 3.08. The molecule has 39 heavy (non-hydrogen) atoms. The normalized spacial score (nSPS) is 12.1. The summed E-state index contributed by atoms with van der Waals surface area (Å²) in [5, 5.41) is 3.80. The minimum absolute atomic E-state index is 0.130.